The maximum Gasteiger partial charge on any atom is 0.255 e. The monoisotopic (exact) mass is 299 g/mol. The fraction of sp³-hybridized carbons (Fsp3) is 0.389. The van der Waals surface area contributed by atoms with Crippen LogP contribution in [0, 0.1) is 5.41 Å². The standard InChI is InChI=1S/C18H21NO3/c1-18(2)10-14(12-8-9-22-16(12)11-18)19-17(20)13-6-4-5-7-15(13)21-3/h4-9,14H,10-11H2,1-3H3,(H,19,20). The van der Waals surface area contributed by atoms with Crippen LogP contribution < -0.4 is 10.1 Å². The third kappa shape index (κ3) is 2.73. The molecule has 0 saturated heterocycles. The molecule has 1 heterocycles. The van der Waals surface area contributed by atoms with Crippen LogP contribution in [0.3, 0.4) is 0 Å². The van der Waals surface area contributed by atoms with Gasteiger partial charge in [0.15, 0.2) is 0 Å². The molecule has 2 aromatic rings. The van der Waals surface area contributed by atoms with Gasteiger partial charge in [-0.05, 0) is 30.0 Å². The van der Waals surface area contributed by atoms with Crippen LogP contribution >= 0.6 is 0 Å². The lowest BCUT2D eigenvalue weighted by Gasteiger charge is -2.34. The van der Waals surface area contributed by atoms with Gasteiger partial charge >= 0.3 is 0 Å². The van der Waals surface area contributed by atoms with Gasteiger partial charge in [-0.15, -0.1) is 0 Å². The minimum Gasteiger partial charge on any atom is -0.496 e. The van der Waals surface area contributed by atoms with Gasteiger partial charge in [0.2, 0.25) is 0 Å². The minimum absolute atomic E-state index is 0.0325. The second kappa shape index (κ2) is 5.52. The van der Waals surface area contributed by atoms with Crippen molar-refractivity contribution in [2.24, 2.45) is 5.41 Å². The largest absolute Gasteiger partial charge is 0.496 e. The van der Waals surface area contributed by atoms with Crippen molar-refractivity contribution in [3.05, 3.63) is 53.5 Å². The molecular formula is C18H21NO3. The Morgan fingerprint density at radius 1 is 1.32 bits per heavy atom. The van der Waals surface area contributed by atoms with Crippen LogP contribution in [0.25, 0.3) is 0 Å². The highest BCUT2D eigenvalue weighted by Gasteiger charge is 2.35. The zero-order chi connectivity index (χ0) is 15.7. The fourth-order valence-corrected chi connectivity index (χ4v) is 3.17. The van der Waals surface area contributed by atoms with Crippen molar-refractivity contribution in [1.82, 2.24) is 5.32 Å². The van der Waals surface area contributed by atoms with Gasteiger partial charge in [0.25, 0.3) is 5.91 Å². The molecule has 3 rings (SSSR count). The average molecular weight is 299 g/mol. The zero-order valence-electron chi connectivity index (χ0n) is 13.2. The minimum atomic E-state index is -0.118. The molecule has 0 fully saturated rings. The van der Waals surface area contributed by atoms with E-state index in [4.69, 9.17) is 9.15 Å². The van der Waals surface area contributed by atoms with Crippen molar-refractivity contribution in [2.75, 3.05) is 7.11 Å². The van der Waals surface area contributed by atoms with Gasteiger partial charge < -0.3 is 14.5 Å². The van der Waals surface area contributed by atoms with Crippen LogP contribution in [-0.4, -0.2) is 13.0 Å². The maximum absolute atomic E-state index is 12.6. The number of methoxy groups -OCH3 is 1. The number of para-hydroxylation sites is 1. The molecule has 4 heteroatoms. The second-order valence-electron chi connectivity index (χ2n) is 6.57. The first kappa shape index (κ1) is 14.7. The lowest BCUT2D eigenvalue weighted by Crippen LogP contribution is -2.36. The van der Waals surface area contributed by atoms with Gasteiger partial charge in [-0.3, -0.25) is 4.79 Å². The van der Waals surface area contributed by atoms with Crippen LogP contribution in [0.2, 0.25) is 0 Å². The molecule has 1 aromatic heterocycles. The van der Waals surface area contributed by atoms with E-state index in [0.29, 0.717) is 11.3 Å². The van der Waals surface area contributed by atoms with E-state index in [2.05, 4.69) is 19.2 Å². The molecule has 4 nitrogen and oxygen atoms in total. The van der Waals surface area contributed by atoms with Crippen molar-refractivity contribution in [1.29, 1.82) is 0 Å². The van der Waals surface area contributed by atoms with Crippen LogP contribution in [0.15, 0.2) is 41.0 Å². The van der Waals surface area contributed by atoms with E-state index in [-0.39, 0.29) is 17.4 Å². The van der Waals surface area contributed by atoms with E-state index in [1.54, 1.807) is 25.5 Å². The molecule has 0 saturated carbocycles. The number of hydrogen-bond donors (Lipinski definition) is 1. The molecule has 1 atom stereocenters. The molecule has 1 unspecified atom stereocenters. The summed E-state index contributed by atoms with van der Waals surface area (Å²) in [6.45, 7) is 4.39. The Morgan fingerprint density at radius 2 is 2.09 bits per heavy atom. The molecule has 0 radical (unpaired) electrons. The highest BCUT2D eigenvalue weighted by Crippen LogP contribution is 2.41. The quantitative estimate of drug-likeness (QED) is 0.939. The van der Waals surface area contributed by atoms with Gasteiger partial charge in [-0.2, -0.15) is 0 Å². The molecule has 0 spiro atoms. The number of benzene rings is 1. The van der Waals surface area contributed by atoms with E-state index in [1.807, 2.05) is 18.2 Å². The summed E-state index contributed by atoms with van der Waals surface area (Å²) in [4.78, 5) is 12.6. The summed E-state index contributed by atoms with van der Waals surface area (Å²) in [7, 11) is 1.57. The number of fused-ring (bicyclic) bond motifs is 1. The summed E-state index contributed by atoms with van der Waals surface area (Å²) in [5, 5.41) is 3.13. The number of ether oxygens (including phenoxy) is 1. The van der Waals surface area contributed by atoms with Gasteiger partial charge in [0, 0.05) is 12.0 Å². The summed E-state index contributed by atoms with van der Waals surface area (Å²) >= 11 is 0. The molecule has 1 aliphatic rings. The predicted octanol–water partition coefficient (Wildman–Crippen LogP) is 3.73. The van der Waals surface area contributed by atoms with Gasteiger partial charge in [0.1, 0.15) is 11.5 Å². The SMILES string of the molecule is COc1ccccc1C(=O)NC1CC(C)(C)Cc2occc21. The number of amides is 1. The van der Waals surface area contributed by atoms with Crippen LogP contribution in [0.4, 0.5) is 0 Å². The average Bonchev–Trinajstić information content (AvgIpc) is 2.94. The smallest absolute Gasteiger partial charge is 0.255 e. The van der Waals surface area contributed by atoms with Crippen LogP contribution in [0.5, 0.6) is 5.75 Å². The Labute approximate surface area is 130 Å². The van der Waals surface area contributed by atoms with Crippen molar-refractivity contribution in [2.45, 2.75) is 32.7 Å². The highest BCUT2D eigenvalue weighted by molar-refractivity contribution is 5.97. The van der Waals surface area contributed by atoms with Gasteiger partial charge in [-0.25, -0.2) is 0 Å². The molecule has 22 heavy (non-hydrogen) atoms. The van der Waals surface area contributed by atoms with Crippen molar-refractivity contribution >= 4 is 5.91 Å². The summed E-state index contributed by atoms with van der Waals surface area (Å²) in [6.07, 6.45) is 3.49. The summed E-state index contributed by atoms with van der Waals surface area (Å²) in [5.41, 5.74) is 1.74. The number of carbonyl (C=O) groups excluding carboxylic acids is 1. The maximum atomic E-state index is 12.6. The highest BCUT2D eigenvalue weighted by atomic mass is 16.5. The first-order valence-corrected chi connectivity index (χ1v) is 7.50. The van der Waals surface area contributed by atoms with Crippen LogP contribution in [-0.2, 0) is 6.42 Å². The van der Waals surface area contributed by atoms with Gasteiger partial charge in [0.05, 0.1) is 25.0 Å². The third-order valence-corrected chi connectivity index (χ3v) is 4.21. The van der Waals surface area contributed by atoms with E-state index >= 15 is 0 Å². The molecule has 1 aliphatic carbocycles. The molecular weight excluding hydrogens is 278 g/mol. The van der Waals surface area contributed by atoms with E-state index in [1.165, 1.54) is 0 Å². The van der Waals surface area contributed by atoms with E-state index in [0.717, 1.165) is 24.2 Å². The Hall–Kier alpha value is -2.23. The number of carbonyl (C=O) groups is 1. The van der Waals surface area contributed by atoms with Crippen LogP contribution in [0.1, 0.15) is 48.0 Å². The lowest BCUT2D eigenvalue weighted by atomic mass is 9.74. The first-order valence-electron chi connectivity index (χ1n) is 7.50. The third-order valence-electron chi connectivity index (χ3n) is 4.21. The number of rotatable bonds is 3. The molecule has 116 valence electrons. The second-order valence-corrected chi connectivity index (χ2v) is 6.57. The zero-order valence-corrected chi connectivity index (χ0v) is 13.2. The summed E-state index contributed by atoms with van der Waals surface area (Å²) in [6, 6.07) is 9.19. The van der Waals surface area contributed by atoms with Crippen molar-refractivity contribution < 1.29 is 13.9 Å². The van der Waals surface area contributed by atoms with Crippen molar-refractivity contribution in [3.63, 3.8) is 0 Å². The van der Waals surface area contributed by atoms with E-state index < -0.39 is 0 Å². The number of nitrogens with one attached hydrogen (secondary N) is 1. The molecule has 1 aromatic carbocycles. The molecule has 1 amide bonds. The lowest BCUT2D eigenvalue weighted by molar-refractivity contribution is 0.0914. The Bertz CT molecular complexity index is 687. The van der Waals surface area contributed by atoms with Crippen molar-refractivity contribution in [3.8, 4) is 5.75 Å². The predicted molar refractivity (Wildman–Crippen MR) is 84.0 cm³/mol. The molecule has 0 bridgehead atoms. The topological polar surface area (TPSA) is 51.5 Å². The molecule has 1 N–H and O–H groups in total. The first-order chi connectivity index (χ1) is 10.5. The summed E-state index contributed by atoms with van der Waals surface area (Å²) < 4.78 is 10.8. The normalized spacial score (nSPS) is 19.3. The Balaban J connectivity index is 1.86. The fourth-order valence-electron chi connectivity index (χ4n) is 3.17. The Kier molecular flexibility index (Phi) is 3.69. The Morgan fingerprint density at radius 3 is 2.86 bits per heavy atom. The van der Waals surface area contributed by atoms with E-state index in [9.17, 15) is 4.79 Å². The number of furan rings is 1. The van der Waals surface area contributed by atoms with Gasteiger partial charge in [-0.1, -0.05) is 26.0 Å². The number of hydrogen-bond acceptors (Lipinski definition) is 3. The molecule has 0 aliphatic heterocycles. The summed E-state index contributed by atoms with van der Waals surface area (Å²) in [5.74, 6) is 1.44.